The molecule has 27 heavy (non-hydrogen) atoms. The maximum atomic E-state index is 12.3. The van der Waals surface area contributed by atoms with Crippen LogP contribution >= 0.6 is 0 Å². The highest BCUT2D eigenvalue weighted by Gasteiger charge is 2.16. The summed E-state index contributed by atoms with van der Waals surface area (Å²) in [5, 5.41) is 17.0. The summed E-state index contributed by atoms with van der Waals surface area (Å²) in [6, 6.07) is 8.32. The summed E-state index contributed by atoms with van der Waals surface area (Å²) in [7, 11) is 1.60. The monoisotopic (exact) mass is 374 g/mol. The van der Waals surface area contributed by atoms with Crippen molar-refractivity contribution in [3.8, 4) is 5.75 Å². The first kappa shape index (κ1) is 20.5. The summed E-state index contributed by atoms with van der Waals surface area (Å²) in [6.45, 7) is 5.21. The van der Waals surface area contributed by atoms with Crippen LogP contribution < -0.4 is 10.6 Å². The standard InChI is InChI=1S/C20H26N2O5/c1-13(2)12-27-20(25)22-17-7-4-6-15-14(17)8-9-16(18(15)23)19(24)21-10-5-11-26-3/h4,6-9,13,23H,5,10-12H2,1-3H3,(H,21,24)(H,22,25). The van der Waals surface area contributed by atoms with Crippen LogP contribution in [0.25, 0.3) is 10.8 Å². The number of aromatic hydroxyl groups is 1. The Bertz CT molecular complexity index is 804. The third kappa shape index (κ3) is 5.59. The van der Waals surface area contributed by atoms with Crippen LogP contribution in [0.2, 0.25) is 0 Å². The third-order valence-electron chi connectivity index (χ3n) is 3.87. The predicted molar refractivity (Wildman–Crippen MR) is 104 cm³/mol. The number of nitrogens with one attached hydrogen (secondary N) is 2. The van der Waals surface area contributed by atoms with Crippen molar-refractivity contribution >= 4 is 28.5 Å². The Hall–Kier alpha value is -2.80. The fraction of sp³-hybridized carbons (Fsp3) is 0.400. The number of fused-ring (bicyclic) bond motifs is 1. The van der Waals surface area contributed by atoms with Crippen molar-refractivity contribution in [2.24, 2.45) is 5.92 Å². The molecule has 0 radical (unpaired) electrons. The molecule has 2 amide bonds. The van der Waals surface area contributed by atoms with E-state index in [9.17, 15) is 14.7 Å². The highest BCUT2D eigenvalue weighted by molar-refractivity contribution is 6.08. The largest absolute Gasteiger partial charge is 0.506 e. The van der Waals surface area contributed by atoms with E-state index in [2.05, 4.69) is 10.6 Å². The number of anilines is 1. The lowest BCUT2D eigenvalue weighted by molar-refractivity contribution is 0.0946. The Morgan fingerprint density at radius 2 is 1.93 bits per heavy atom. The molecule has 2 rings (SSSR count). The Morgan fingerprint density at radius 3 is 2.63 bits per heavy atom. The molecule has 7 heteroatoms. The molecule has 0 aliphatic carbocycles. The van der Waals surface area contributed by atoms with Crippen molar-refractivity contribution < 1.29 is 24.2 Å². The molecule has 0 spiro atoms. The maximum Gasteiger partial charge on any atom is 0.411 e. The molecule has 2 aromatic rings. The zero-order valence-electron chi connectivity index (χ0n) is 15.9. The summed E-state index contributed by atoms with van der Waals surface area (Å²) in [5.41, 5.74) is 0.683. The van der Waals surface area contributed by atoms with E-state index in [0.29, 0.717) is 42.6 Å². The minimum Gasteiger partial charge on any atom is -0.506 e. The van der Waals surface area contributed by atoms with Gasteiger partial charge in [0.25, 0.3) is 5.91 Å². The van der Waals surface area contributed by atoms with Crippen LogP contribution in [0.3, 0.4) is 0 Å². The Morgan fingerprint density at radius 1 is 1.15 bits per heavy atom. The van der Waals surface area contributed by atoms with Crippen LogP contribution in [0.1, 0.15) is 30.6 Å². The van der Waals surface area contributed by atoms with E-state index in [1.54, 1.807) is 31.4 Å². The summed E-state index contributed by atoms with van der Waals surface area (Å²) < 4.78 is 10.1. The number of rotatable bonds is 8. The van der Waals surface area contributed by atoms with Crippen molar-refractivity contribution in [3.05, 3.63) is 35.9 Å². The second kappa shape index (κ2) is 9.78. The average Bonchev–Trinajstić information content (AvgIpc) is 2.64. The summed E-state index contributed by atoms with van der Waals surface area (Å²) >= 11 is 0. The van der Waals surface area contributed by atoms with Crippen molar-refractivity contribution in [3.63, 3.8) is 0 Å². The fourth-order valence-electron chi connectivity index (χ4n) is 2.54. The topological polar surface area (TPSA) is 96.9 Å². The van der Waals surface area contributed by atoms with Gasteiger partial charge in [-0.05, 0) is 24.5 Å². The predicted octanol–water partition coefficient (Wildman–Crippen LogP) is 3.52. The Balaban J connectivity index is 2.18. The quantitative estimate of drug-likeness (QED) is 0.614. The average molecular weight is 374 g/mol. The first-order chi connectivity index (χ1) is 12.9. The molecule has 0 bridgehead atoms. The van der Waals surface area contributed by atoms with E-state index in [-0.39, 0.29) is 23.1 Å². The number of carbonyl (C=O) groups is 2. The van der Waals surface area contributed by atoms with Crippen molar-refractivity contribution in [1.29, 1.82) is 0 Å². The van der Waals surface area contributed by atoms with Gasteiger partial charge in [0.05, 0.1) is 17.9 Å². The van der Waals surface area contributed by atoms with Crippen LogP contribution in [-0.4, -0.2) is 44.0 Å². The SMILES string of the molecule is COCCCNC(=O)c1ccc2c(NC(=O)OCC(C)C)cccc2c1O. The fourth-order valence-corrected chi connectivity index (χ4v) is 2.54. The summed E-state index contributed by atoms with van der Waals surface area (Å²) in [4.78, 5) is 24.2. The van der Waals surface area contributed by atoms with E-state index >= 15 is 0 Å². The van der Waals surface area contributed by atoms with Gasteiger partial charge in [-0.1, -0.05) is 32.0 Å². The zero-order chi connectivity index (χ0) is 19.8. The van der Waals surface area contributed by atoms with Gasteiger partial charge in [-0.25, -0.2) is 4.79 Å². The minimum absolute atomic E-state index is 0.129. The lowest BCUT2D eigenvalue weighted by Gasteiger charge is -2.13. The maximum absolute atomic E-state index is 12.3. The molecule has 0 heterocycles. The molecule has 0 aliphatic heterocycles. The molecule has 0 unspecified atom stereocenters. The van der Waals surface area contributed by atoms with Gasteiger partial charge < -0.3 is 19.9 Å². The second-order valence-corrected chi connectivity index (χ2v) is 6.58. The normalized spacial score (nSPS) is 10.8. The van der Waals surface area contributed by atoms with Crippen LogP contribution in [0.15, 0.2) is 30.3 Å². The van der Waals surface area contributed by atoms with Crippen molar-refractivity contribution in [2.75, 3.05) is 32.2 Å². The van der Waals surface area contributed by atoms with E-state index in [1.807, 2.05) is 13.8 Å². The van der Waals surface area contributed by atoms with Gasteiger partial charge in [0.1, 0.15) is 5.75 Å². The van der Waals surface area contributed by atoms with Gasteiger partial charge in [0.15, 0.2) is 0 Å². The molecule has 0 fully saturated rings. The van der Waals surface area contributed by atoms with E-state index in [4.69, 9.17) is 9.47 Å². The number of hydrogen-bond acceptors (Lipinski definition) is 5. The van der Waals surface area contributed by atoms with E-state index < -0.39 is 6.09 Å². The Labute approximate surface area is 158 Å². The highest BCUT2D eigenvalue weighted by atomic mass is 16.5. The first-order valence-electron chi connectivity index (χ1n) is 8.89. The minimum atomic E-state index is -0.560. The van der Waals surface area contributed by atoms with Crippen molar-refractivity contribution in [2.45, 2.75) is 20.3 Å². The number of amides is 2. The van der Waals surface area contributed by atoms with Crippen LogP contribution in [0.4, 0.5) is 10.5 Å². The number of ether oxygens (including phenoxy) is 2. The van der Waals surface area contributed by atoms with Gasteiger partial charge in [0.2, 0.25) is 0 Å². The van der Waals surface area contributed by atoms with Crippen LogP contribution in [0, 0.1) is 5.92 Å². The van der Waals surface area contributed by atoms with Gasteiger partial charge in [-0.2, -0.15) is 0 Å². The molecule has 0 saturated carbocycles. The number of hydrogen-bond donors (Lipinski definition) is 3. The summed E-state index contributed by atoms with van der Waals surface area (Å²) in [6.07, 6.45) is 0.124. The zero-order valence-corrected chi connectivity index (χ0v) is 15.9. The van der Waals surface area contributed by atoms with Gasteiger partial charge in [0, 0.05) is 31.0 Å². The van der Waals surface area contributed by atoms with Crippen molar-refractivity contribution in [1.82, 2.24) is 5.32 Å². The second-order valence-electron chi connectivity index (χ2n) is 6.58. The molecular formula is C20H26N2O5. The molecule has 0 aromatic heterocycles. The summed E-state index contributed by atoms with van der Waals surface area (Å²) in [5.74, 6) is -0.256. The number of carbonyl (C=O) groups excluding carboxylic acids is 2. The molecule has 2 aromatic carbocycles. The number of methoxy groups -OCH3 is 1. The molecule has 146 valence electrons. The smallest absolute Gasteiger partial charge is 0.411 e. The van der Waals surface area contributed by atoms with E-state index in [1.165, 1.54) is 6.07 Å². The van der Waals surface area contributed by atoms with Gasteiger partial charge in [-0.3, -0.25) is 10.1 Å². The van der Waals surface area contributed by atoms with Gasteiger partial charge in [-0.15, -0.1) is 0 Å². The molecule has 7 nitrogen and oxygen atoms in total. The number of phenolic OH excluding ortho intramolecular Hbond substituents is 1. The lowest BCUT2D eigenvalue weighted by Crippen LogP contribution is -2.25. The molecular weight excluding hydrogens is 348 g/mol. The van der Waals surface area contributed by atoms with Gasteiger partial charge >= 0.3 is 6.09 Å². The molecule has 0 atom stereocenters. The molecule has 3 N–H and O–H groups in total. The highest BCUT2D eigenvalue weighted by Crippen LogP contribution is 2.33. The van der Waals surface area contributed by atoms with Crippen LogP contribution in [0.5, 0.6) is 5.75 Å². The molecule has 0 saturated heterocycles. The number of phenols is 1. The molecule has 0 aliphatic rings. The lowest BCUT2D eigenvalue weighted by atomic mass is 10.0. The van der Waals surface area contributed by atoms with Crippen LogP contribution in [-0.2, 0) is 9.47 Å². The van der Waals surface area contributed by atoms with E-state index in [0.717, 1.165) is 0 Å². The first-order valence-corrected chi connectivity index (χ1v) is 8.89. The number of benzene rings is 2. The Kier molecular flexibility index (Phi) is 7.43. The third-order valence-corrected chi connectivity index (χ3v) is 3.87.